The Morgan fingerprint density at radius 2 is 1.78 bits per heavy atom. The van der Waals surface area contributed by atoms with Crippen molar-refractivity contribution in [3.05, 3.63) is 58.7 Å². The van der Waals surface area contributed by atoms with Crippen LogP contribution < -0.4 is 9.47 Å². The lowest BCUT2D eigenvalue weighted by Crippen LogP contribution is -2.38. The molecule has 0 bridgehead atoms. The molecule has 0 radical (unpaired) electrons. The first-order valence-corrected chi connectivity index (χ1v) is 12.3. The monoisotopic (exact) mass is 496 g/mol. The highest BCUT2D eigenvalue weighted by molar-refractivity contribution is 6.46. The lowest BCUT2D eigenvalue weighted by atomic mass is 9.94. The second-order valence-corrected chi connectivity index (χ2v) is 9.10. The van der Waals surface area contributed by atoms with Gasteiger partial charge in [0.1, 0.15) is 11.5 Å². The van der Waals surface area contributed by atoms with Crippen LogP contribution in [0.1, 0.15) is 50.4 Å². The first-order chi connectivity index (χ1) is 17.1. The zero-order valence-corrected chi connectivity index (χ0v) is 21.9. The minimum atomic E-state index is -0.832. The van der Waals surface area contributed by atoms with Crippen molar-refractivity contribution < 1.29 is 29.3 Å². The van der Waals surface area contributed by atoms with E-state index in [1.807, 2.05) is 34.6 Å². The van der Waals surface area contributed by atoms with Gasteiger partial charge in [0.2, 0.25) is 0 Å². The Balaban J connectivity index is 2.13. The summed E-state index contributed by atoms with van der Waals surface area (Å²) in [6.45, 7) is 12.3. The topological polar surface area (TPSA) is 99.5 Å². The van der Waals surface area contributed by atoms with Crippen molar-refractivity contribution in [3.63, 3.8) is 0 Å². The van der Waals surface area contributed by atoms with E-state index in [9.17, 15) is 19.8 Å². The molecule has 8 nitrogen and oxygen atoms in total. The number of aryl methyl sites for hydroxylation is 1. The Bertz CT molecular complexity index is 1150. The summed E-state index contributed by atoms with van der Waals surface area (Å²) < 4.78 is 11.1. The highest BCUT2D eigenvalue weighted by Crippen LogP contribution is 2.42. The number of phenols is 1. The number of likely N-dealkylation sites (N-methyl/N-ethyl adjacent to an activating group) is 1. The molecule has 194 valence electrons. The average Bonchev–Trinajstić information content (AvgIpc) is 3.10. The Labute approximate surface area is 212 Å². The highest BCUT2D eigenvalue weighted by atomic mass is 16.5. The van der Waals surface area contributed by atoms with Gasteiger partial charge in [0, 0.05) is 18.7 Å². The molecule has 2 aromatic rings. The molecule has 2 aromatic carbocycles. The lowest BCUT2D eigenvalue weighted by molar-refractivity contribution is -0.140. The SMILES string of the molecule is CCN(CC)CCN1C(=O)C(=O)/C(=C(\O)c2ccc(OC(C)C)c(C)c2)C1c1ccc(O)c(OC)c1. The summed E-state index contributed by atoms with van der Waals surface area (Å²) in [7, 11) is 1.43. The summed E-state index contributed by atoms with van der Waals surface area (Å²) in [6, 6.07) is 9.02. The molecule has 0 aromatic heterocycles. The van der Waals surface area contributed by atoms with Crippen LogP contribution in [-0.4, -0.2) is 71.1 Å². The number of hydrogen-bond donors (Lipinski definition) is 2. The number of methoxy groups -OCH3 is 1. The summed E-state index contributed by atoms with van der Waals surface area (Å²) >= 11 is 0. The molecule has 1 atom stereocenters. The fourth-order valence-corrected chi connectivity index (χ4v) is 4.45. The molecule has 1 saturated heterocycles. The first-order valence-electron chi connectivity index (χ1n) is 12.3. The van der Waals surface area contributed by atoms with E-state index >= 15 is 0 Å². The summed E-state index contributed by atoms with van der Waals surface area (Å²) in [5.74, 6) is -0.831. The maximum absolute atomic E-state index is 13.3. The third kappa shape index (κ3) is 5.49. The number of amides is 1. The smallest absolute Gasteiger partial charge is 0.295 e. The van der Waals surface area contributed by atoms with Crippen LogP contribution in [-0.2, 0) is 9.59 Å². The summed E-state index contributed by atoms with van der Waals surface area (Å²) in [4.78, 5) is 30.1. The van der Waals surface area contributed by atoms with Crippen LogP contribution >= 0.6 is 0 Å². The number of ketones is 1. The van der Waals surface area contributed by atoms with E-state index < -0.39 is 17.7 Å². The third-order valence-electron chi connectivity index (χ3n) is 6.42. The molecule has 1 aliphatic heterocycles. The van der Waals surface area contributed by atoms with Gasteiger partial charge in [0.15, 0.2) is 11.5 Å². The maximum atomic E-state index is 13.3. The molecule has 0 aliphatic carbocycles. The van der Waals surface area contributed by atoms with Crippen molar-refractivity contribution in [1.82, 2.24) is 9.80 Å². The van der Waals surface area contributed by atoms with Crippen LogP contribution in [0, 0.1) is 6.92 Å². The van der Waals surface area contributed by atoms with Crippen LogP contribution in [0.3, 0.4) is 0 Å². The number of rotatable bonds is 10. The summed E-state index contributed by atoms with van der Waals surface area (Å²) in [6.07, 6.45) is -0.0104. The molecule has 36 heavy (non-hydrogen) atoms. The molecule has 0 saturated carbocycles. The number of aliphatic hydroxyl groups excluding tert-OH is 1. The fourth-order valence-electron chi connectivity index (χ4n) is 4.45. The van der Waals surface area contributed by atoms with Gasteiger partial charge in [0.05, 0.1) is 24.8 Å². The molecule has 0 spiro atoms. The number of hydrogen-bond acceptors (Lipinski definition) is 7. The number of likely N-dealkylation sites (tertiary alicyclic amines) is 1. The van der Waals surface area contributed by atoms with E-state index in [2.05, 4.69) is 4.90 Å². The molecular formula is C28H36N2O6. The number of nitrogens with zero attached hydrogens (tertiary/aromatic N) is 2. The molecule has 3 rings (SSSR count). The molecule has 1 heterocycles. The number of aliphatic hydroxyl groups is 1. The zero-order chi connectivity index (χ0) is 26.6. The minimum absolute atomic E-state index is 0.00391. The number of carbonyl (C=O) groups is 2. The summed E-state index contributed by atoms with van der Waals surface area (Å²) in [5.41, 5.74) is 1.78. The van der Waals surface area contributed by atoms with E-state index in [-0.39, 0.29) is 28.9 Å². The first kappa shape index (κ1) is 27.1. The van der Waals surface area contributed by atoms with Crippen LogP contribution in [0.15, 0.2) is 42.0 Å². The largest absolute Gasteiger partial charge is 0.507 e. The van der Waals surface area contributed by atoms with E-state index in [1.54, 1.807) is 30.3 Å². The Morgan fingerprint density at radius 1 is 1.08 bits per heavy atom. The van der Waals surface area contributed by atoms with Crippen LogP contribution in [0.25, 0.3) is 5.76 Å². The number of benzene rings is 2. The number of aromatic hydroxyl groups is 1. The Morgan fingerprint density at radius 3 is 2.36 bits per heavy atom. The van der Waals surface area contributed by atoms with Gasteiger partial charge in [-0.2, -0.15) is 0 Å². The molecular weight excluding hydrogens is 460 g/mol. The highest BCUT2D eigenvalue weighted by Gasteiger charge is 2.46. The van der Waals surface area contributed by atoms with Gasteiger partial charge in [-0.3, -0.25) is 9.59 Å². The average molecular weight is 497 g/mol. The number of carbonyl (C=O) groups excluding carboxylic acids is 2. The van der Waals surface area contributed by atoms with Crippen molar-refractivity contribution in [2.24, 2.45) is 0 Å². The quantitative estimate of drug-likeness (QED) is 0.288. The van der Waals surface area contributed by atoms with E-state index in [1.165, 1.54) is 18.1 Å². The second kappa shape index (κ2) is 11.5. The molecule has 1 fully saturated rings. The van der Waals surface area contributed by atoms with Crippen molar-refractivity contribution in [2.75, 3.05) is 33.3 Å². The van der Waals surface area contributed by atoms with Gasteiger partial charge < -0.3 is 29.5 Å². The second-order valence-electron chi connectivity index (χ2n) is 9.10. The Hall–Kier alpha value is -3.52. The van der Waals surface area contributed by atoms with Crippen molar-refractivity contribution in [3.8, 4) is 17.2 Å². The molecule has 2 N–H and O–H groups in total. The molecule has 8 heteroatoms. The maximum Gasteiger partial charge on any atom is 0.295 e. The summed E-state index contributed by atoms with van der Waals surface area (Å²) in [5, 5.41) is 21.5. The Kier molecular flexibility index (Phi) is 8.63. The molecule has 1 amide bonds. The van der Waals surface area contributed by atoms with Crippen LogP contribution in [0.4, 0.5) is 0 Å². The van der Waals surface area contributed by atoms with Gasteiger partial charge in [-0.05, 0) is 75.3 Å². The van der Waals surface area contributed by atoms with Gasteiger partial charge >= 0.3 is 0 Å². The van der Waals surface area contributed by atoms with Gasteiger partial charge in [-0.1, -0.05) is 19.9 Å². The fraction of sp³-hybridized carbons (Fsp3) is 0.429. The molecule has 1 aliphatic rings. The van der Waals surface area contributed by atoms with Gasteiger partial charge in [0.25, 0.3) is 11.7 Å². The number of ether oxygens (including phenoxy) is 2. The van der Waals surface area contributed by atoms with Crippen molar-refractivity contribution in [1.29, 1.82) is 0 Å². The van der Waals surface area contributed by atoms with E-state index in [4.69, 9.17) is 9.47 Å². The van der Waals surface area contributed by atoms with Crippen molar-refractivity contribution in [2.45, 2.75) is 46.8 Å². The zero-order valence-electron chi connectivity index (χ0n) is 21.9. The van der Waals surface area contributed by atoms with Gasteiger partial charge in [-0.25, -0.2) is 0 Å². The van der Waals surface area contributed by atoms with Crippen LogP contribution in [0.2, 0.25) is 0 Å². The minimum Gasteiger partial charge on any atom is -0.507 e. The van der Waals surface area contributed by atoms with Crippen molar-refractivity contribution >= 4 is 17.4 Å². The van der Waals surface area contributed by atoms with Gasteiger partial charge in [-0.15, -0.1) is 0 Å². The number of phenolic OH excluding ortho intramolecular Hbond substituents is 1. The number of Topliss-reactive ketones (excluding diaryl/α,β-unsaturated/α-hetero) is 1. The predicted octanol–water partition coefficient (Wildman–Crippen LogP) is 4.26. The standard InChI is InChI=1S/C28H36N2O6/c1-7-29(8-2)13-14-30-25(19-9-11-21(31)23(16-19)35-6)24(27(33)28(30)34)26(32)20-10-12-22(18(5)15-20)36-17(3)4/h9-12,15-17,25,31-32H,7-8,13-14H2,1-6H3/b26-24-. The molecule has 1 unspecified atom stereocenters. The van der Waals surface area contributed by atoms with Crippen LogP contribution in [0.5, 0.6) is 17.2 Å². The lowest BCUT2D eigenvalue weighted by Gasteiger charge is -2.28. The predicted molar refractivity (Wildman–Crippen MR) is 138 cm³/mol. The van der Waals surface area contributed by atoms with E-state index in [0.717, 1.165) is 18.7 Å². The van der Waals surface area contributed by atoms with E-state index in [0.29, 0.717) is 30.0 Å². The third-order valence-corrected chi connectivity index (χ3v) is 6.42. The normalized spacial score (nSPS) is 17.3.